The van der Waals surface area contributed by atoms with Crippen molar-refractivity contribution in [3.63, 3.8) is 0 Å². The molecule has 2 fully saturated rings. The number of alkyl carbamates (subject to hydrolysis) is 2. The van der Waals surface area contributed by atoms with E-state index in [1.54, 1.807) is 96.6 Å². The Bertz CT molecular complexity index is 4050. The summed E-state index contributed by atoms with van der Waals surface area (Å²) in [5.74, 6) is 1.98. The Balaban J connectivity index is 0.810. The molecule has 0 radical (unpaired) electrons. The molecule has 620 valence electrons. The van der Waals surface area contributed by atoms with Gasteiger partial charge in [0.25, 0.3) is 0 Å². The van der Waals surface area contributed by atoms with Gasteiger partial charge in [0.2, 0.25) is 11.8 Å². The van der Waals surface area contributed by atoms with Gasteiger partial charge in [-0.1, -0.05) is 36.4 Å². The highest BCUT2D eigenvalue weighted by molar-refractivity contribution is 6.06. The van der Waals surface area contributed by atoms with Crippen LogP contribution in [0.3, 0.4) is 0 Å². The van der Waals surface area contributed by atoms with Gasteiger partial charge in [-0.25, -0.2) is 53.5 Å². The van der Waals surface area contributed by atoms with E-state index < -0.39 is 70.3 Å². The molecule has 8 N–H and O–H groups in total. The van der Waals surface area contributed by atoms with Gasteiger partial charge in [0, 0.05) is 141 Å². The Morgan fingerprint density at radius 2 is 0.772 bits per heavy atom. The minimum Gasteiger partial charge on any atom is -0.449 e. The van der Waals surface area contributed by atoms with Crippen molar-refractivity contribution in [1.29, 1.82) is 0 Å². The number of hydrogen-bond acceptors (Lipinski definition) is 24. The number of hydrogen-bond donors (Lipinski definition) is 8. The molecule has 8 rings (SSSR count). The molecule has 0 unspecified atom stereocenters. The number of nitrogens with zero attached hydrogens (tertiary/aromatic N) is 9. The minimum atomic E-state index is -0.879. The van der Waals surface area contributed by atoms with Gasteiger partial charge in [-0.05, 0) is 199 Å². The molecule has 2 aliphatic rings. The standard InChI is InChI=1S/C81H115N17O16/c1-77(2,3)110-70(101)88-32-18-30-86-68-58-24-16-22-56(54-26-36-82-64(50-54)94-40-44-97(45-41-94)75(106)113-80(10,11)12)60(58)52-62(90-68)92-72(103)108-48-20-34-84-66(99)28-38-96(74(105)112-79(7,8)9)39-29-67(100)85-35-21-49-109-73(104)93-63-53-61-57(23-17-25-59(61)69(91-63)87-31-19-33-89-71(102)111-78(4,5)6)55-27-37-83-65(51-55)95-42-46-98(47-43-95)76(107)114-81(13,14)15/h16-17,22-27,36-37,50-53H,18-21,28-35,38-49H2,1-15H3,(H,84,99)(H,85,100)(H,88,101)(H,89,102)(H2,86,90,92,103)(H2,87,91,93,104). The van der Waals surface area contributed by atoms with Crippen LogP contribution in [-0.4, -0.2) is 235 Å². The fourth-order valence-electron chi connectivity index (χ4n) is 11.9. The Labute approximate surface area is 667 Å². The first-order valence-electron chi connectivity index (χ1n) is 38.9. The number of nitrogens with one attached hydrogen (secondary N) is 8. The van der Waals surface area contributed by atoms with Gasteiger partial charge >= 0.3 is 42.7 Å². The number of aromatic nitrogens is 4. The molecular weight excluding hydrogens is 1470 g/mol. The van der Waals surface area contributed by atoms with Crippen molar-refractivity contribution in [2.75, 3.05) is 149 Å². The first kappa shape index (κ1) is 88.2. The van der Waals surface area contributed by atoms with Crippen LogP contribution in [-0.2, 0) is 42.7 Å². The largest absolute Gasteiger partial charge is 0.449 e. The summed E-state index contributed by atoms with van der Waals surface area (Å²) < 4.78 is 38.8. The predicted octanol–water partition coefficient (Wildman–Crippen LogP) is 12.5. The van der Waals surface area contributed by atoms with Crippen LogP contribution in [0, 0.1) is 0 Å². The summed E-state index contributed by atoms with van der Waals surface area (Å²) in [6, 6.07) is 22.9. The van der Waals surface area contributed by atoms with E-state index in [1.807, 2.05) is 102 Å². The lowest BCUT2D eigenvalue weighted by molar-refractivity contribution is -0.121. The van der Waals surface area contributed by atoms with Crippen molar-refractivity contribution in [3.8, 4) is 22.3 Å². The second-order valence-corrected chi connectivity index (χ2v) is 32.5. The van der Waals surface area contributed by atoms with E-state index in [4.69, 9.17) is 43.1 Å². The van der Waals surface area contributed by atoms with Gasteiger partial charge in [-0.3, -0.25) is 20.2 Å². The summed E-state index contributed by atoms with van der Waals surface area (Å²) in [6.07, 6.45) is 0.649. The van der Waals surface area contributed by atoms with Crippen LogP contribution in [0.1, 0.15) is 142 Å². The van der Waals surface area contributed by atoms with Crippen molar-refractivity contribution >= 4 is 111 Å². The third-order valence-electron chi connectivity index (χ3n) is 17.1. The van der Waals surface area contributed by atoms with E-state index in [1.165, 1.54) is 4.90 Å². The summed E-state index contributed by atoms with van der Waals surface area (Å²) in [4.78, 5) is 145. The maximum atomic E-state index is 13.5. The second-order valence-electron chi connectivity index (χ2n) is 32.5. The fraction of sp³-hybridized carbons (Fsp3) is 0.543. The Morgan fingerprint density at radius 3 is 1.14 bits per heavy atom. The Hall–Kier alpha value is -11.4. The number of carbonyl (C=O) groups is 9. The maximum absolute atomic E-state index is 13.5. The van der Waals surface area contributed by atoms with Crippen LogP contribution < -0.4 is 52.3 Å². The van der Waals surface area contributed by atoms with Crippen LogP contribution >= 0.6 is 0 Å². The molecule has 33 heteroatoms. The third-order valence-corrected chi connectivity index (χ3v) is 17.1. The van der Waals surface area contributed by atoms with Gasteiger partial charge in [0.05, 0.1) is 13.2 Å². The molecule has 6 heterocycles. The number of benzene rings is 2. The second kappa shape index (κ2) is 40.4. The minimum absolute atomic E-state index is 0.0756. The van der Waals surface area contributed by atoms with E-state index in [9.17, 15) is 43.2 Å². The van der Waals surface area contributed by atoms with E-state index in [2.05, 4.69) is 62.3 Å². The normalized spacial score (nSPS) is 13.4. The van der Waals surface area contributed by atoms with Gasteiger partial charge < -0.3 is 89.6 Å². The topological polar surface area (TPSA) is 382 Å². The summed E-state index contributed by atoms with van der Waals surface area (Å²) in [7, 11) is 0. The Kier molecular flexibility index (Phi) is 31.2. The van der Waals surface area contributed by atoms with Gasteiger partial charge in [-0.2, -0.15) is 0 Å². The predicted molar refractivity (Wildman–Crippen MR) is 437 cm³/mol. The molecule has 2 aliphatic heterocycles. The SMILES string of the molecule is CC(C)(C)OC(=O)NCCCNc1nc(NC(=O)OCCCNC(=O)CCN(CCC(=O)NCCCOC(=O)Nc2cc3c(-c4ccnc(N5CCN(C(=O)OC(C)(C)C)CC5)c4)cccc3c(NCCCNC(=O)OC(C)(C)C)n2)C(=O)OC(C)(C)C)cc2c(-c3ccnc(N4CCN(C(=O)OC(C)(C)C)CC4)c3)cccc12. The lowest BCUT2D eigenvalue weighted by Crippen LogP contribution is -2.50. The zero-order valence-corrected chi connectivity index (χ0v) is 68.6. The number of fused-ring (bicyclic) bond motifs is 2. The molecule has 9 amide bonds. The highest BCUT2D eigenvalue weighted by Crippen LogP contribution is 2.37. The number of ether oxygens (including phenoxy) is 7. The molecule has 4 aromatic heterocycles. The van der Waals surface area contributed by atoms with E-state index in [-0.39, 0.29) is 88.9 Å². The average Bonchev–Trinajstić information content (AvgIpc) is 0.779. The van der Waals surface area contributed by atoms with Crippen LogP contribution in [0.25, 0.3) is 43.8 Å². The number of carbonyl (C=O) groups excluding carboxylic acids is 9. The lowest BCUT2D eigenvalue weighted by atomic mass is 9.99. The molecular formula is C81H115N17O16. The molecule has 0 aliphatic carbocycles. The molecule has 0 saturated carbocycles. The van der Waals surface area contributed by atoms with Crippen molar-refractivity contribution in [2.24, 2.45) is 0 Å². The van der Waals surface area contributed by atoms with E-state index in [0.29, 0.717) is 103 Å². The number of pyridine rings is 4. The molecule has 0 atom stereocenters. The number of piperazine rings is 2. The van der Waals surface area contributed by atoms with Crippen LogP contribution in [0.4, 0.5) is 68.5 Å². The smallest absolute Gasteiger partial charge is 0.412 e. The highest BCUT2D eigenvalue weighted by Gasteiger charge is 2.31. The zero-order chi connectivity index (χ0) is 83.0. The van der Waals surface area contributed by atoms with Gasteiger partial charge in [-0.15, -0.1) is 0 Å². The van der Waals surface area contributed by atoms with E-state index >= 15 is 0 Å². The fourth-order valence-corrected chi connectivity index (χ4v) is 11.9. The number of rotatable bonds is 30. The summed E-state index contributed by atoms with van der Waals surface area (Å²) in [5, 5.41) is 26.5. The Morgan fingerprint density at radius 1 is 0.404 bits per heavy atom. The third kappa shape index (κ3) is 29.6. The van der Waals surface area contributed by atoms with Crippen molar-refractivity contribution in [2.45, 2.75) is 170 Å². The summed E-state index contributed by atoms with van der Waals surface area (Å²) in [5.41, 5.74) is -0.0547. The molecule has 114 heavy (non-hydrogen) atoms. The highest BCUT2D eigenvalue weighted by atomic mass is 16.6. The molecule has 6 aromatic rings. The summed E-state index contributed by atoms with van der Waals surface area (Å²) >= 11 is 0. The number of anilines is 6. The van der Waals surface area contributed by atoms with Crippen LogP contribution in [0.15, 0.2) is 85.2 Å². The maximum Gasteiger partial charge on any atom is 0.412 e. The molecule has 33 nitrogen and oxygen atoms in total. The van der Waals surface area contributed by atoms with Crippen LogP contribution in [0.2, 0.25) is 0 Å². The average molecular weight is 1580 g/mol. The monoisotopic (exact) mass is 1580 g/mol. The van der Waals surface area contributed by atoms with Crippen molar-refractivity contribution in [3.05, 3.63) is 85.2 Å². The lowest BCUT2D eigenvalue weighted by Gasteiger charge is -2.36. The molecule has 0 bridgehead atoms. The van der Waals surface area contributed by atoms with Crippen LogP contribution in [0.5, 0.6) is 0 Å². The van der Waals surface area contributed by atoms with Gasteiger partial charge in [0.1, 0.15) is 62.9 Å². The van der Waals surface area contributed by atoms with Crippen molar-refractivity contribution < 1.29 is 76.3 Å². The van der Waals surface area contributed by atoms with Crippen molar-refractivity contribution in [1.82, 2.24) is 55.9 Å². The first-order chi connectivity index (χ1) is 53.8. The zero-order valence-electron chi connectivity index (χ0n) is 68.6. The van der Waals surface area contributed by atoms with E-state index in [0.717, 1.165) is 55.4 Å². The van der Waals surface area contributed by atoms with Gasteiger partial charge in [0.15, 0.2) is 0 Å². The quantitative estimate of drug-likeness (QED) is 0.0153. The summed E-state index contributed by atoms with van der Waals surface area (Å²) in [6.45, 7) is 32.3. The molecule has 2 saturated heterocycles. The molecule has 2 aromatic carbocycles. The molecule has 0 spiro atoms. The number of amides is 9. The first-order valence-corrected chi connectivity index (χ1v) is 38.9.